The summed E-state index contributed by atoms with van der Waals surface area (Å²) in [5.41, 5.74) is 0. The molecule has 3 nitrogen and oxygen atoms in total. The standard InChI is InChI=1S/C15H27NO2/c1-12(2)16(13(3)4)15(17)18-11-10-14-8-6-5-7-9-14/h10-14H,5-9H2,1-4H3/b11-10+. The monoisotopic (exact) mass is 253 g/mol. The number of amides is 1. The highest BCUT2D eigenvalue weighted by atomic mass is 16.5. The van der Waals surface area contributed by atoms with Crippen molar-refractivity contribution in [3.63, 3.8) is 0 Å². The largest absolute Gasteiger partial charge is 0.418 e. The Bertz CT molecular complexity index is 270. The lowest BCUT2D eigenvalue weighted by Gasteiger charge is -2.29. The highest BCUT2D eigenvalue weighted by Crippen LogP contribution is 2.24. The van der Waals surface area contributed by atoms with E-state index in [1.54, 1.807) is 11.2 Å². The van der Waals surface area contributed by atoms with Gasteiger partial charge in [-0.1, -0.05) is 19.3 Å². The maximum atomic E-state index is 11.9. The molecular formula is C15H27NO2. The predicted octanol–water partition coefficient (Wildman–Crippen LogP) is 4.34. The molecule has 0 aromatic heterocycles. The molecule has 1 rings (SSSR count). The van der Waals surface area contributed by atoms with Gasteiger partial charge in [0.15, 0.2) is 0 Å². The van der Waals surface area contributed by atoms with Gasteiger partial charge in [-0.05, 0) is 52.5 Å². The molecule has 0 N–H and O–H groups in total. The van der Waals surface area contributed by atoms with Crippen molar-refractivity contribution in [2.75, 3.05) is 0 Å². The zero-order valence-corrected chi connectivity index (χ0v) is 12.2. The van der Waals surface area contributed by atoms with Crippen molar-refractivity contribution in [1.29, 1.82) is 0 Å². The summed E-state index contributed by atoms with van der Waals surface area (Å²) in [7, 11) is 0. The van der Waals surface area contributed by atoms with Gasteiger partial charge in [-0.15, -0.1) is 0 Å². The third-order valence-corrected chi connectivity index (χ3v) is 3.49. The molecule has 18 heavy (non-hydrogen) atoms. The van der Waals surface area contributed by atoms with Gasteiger partial charge in [0, 0.05) is 12.1 Å². The number of rotatable bonds is 4. The summed E-state index contributed by atoms with van der Waals surface area (Å²) in [4.78, 5) is 13.7. The van der Waals surface area contributed by atoms with E-state index in [1.807, 2.05) is 27.7 Å². The second-order valence-corrected chi connectivity index (χ2v) is 5.71. The van der Waals surface area contributed by atoms with Gasteiger partial charge < -0.3 is 9.64 Å². The summed E-state index contributed by atoms with van der Waals surface area (Å²) in [5, 5.41) is 0. The Hall–Kier alpha value is -0.990. The summed E-state index contributed by atoms with van der Waals surface area (Å²) in [6, 6.07) is 0.334. The first-order valence-corrected chi connectivity index (χ1v) is 7.18. The fraction of sp³-hybridized carbons (Fsp3) is 0.800. The third-order valence-electron chi connectivity index (χ3n) is 3.49. The summed E-state index contributed by atoms with van der Waals surface area (Å²) in [5.74, 6) is 0.595. The van der Waals surface area contributed by atoms with Crippen LogP contribution in [0.25, 0.3) is 0 Å². The number of carbonyl (C=O) groups excluding carboxylic acids is 1. The number of nitrogens with zero attached hydrogens (tertiary/aromatic N) is 1. The van der Waals surface area contributed by atoms with E-state index in [4.69, 9.17) is 4.74 Å². The van der Waals surface area contributed by atoms with Gasteiger partial charge in [0.05, 0.1) is 6.26 Å². The second kappa shape index (κ2) is 7.45. The Kier molecular flexibility index (Phi) is 6.23. The average Bonchev–Trinajstić information content (AvgIpc) is 2.29. The van der Waals surface area contributed by atoms with E-state index in [-0.39, 0.29) is 18.2 Å². The fourth-order valence-electron chi connectivity index (χ4n) is 2.61. The predicted molar refractivity (Wildman–Crippen MR) is 74.3 cm³/mol. The molecule has 1 amide bonds. The Morgan fingerprint density at radius 2 is 1.67 bits per heavy atom. The van der Waals surface area contributed by atoms with E-state index >= 15 is 0 Å². The van der Waals surface area contributed by atoms with Crippen molar-refractivity contribution >= 4 is 6.09 Å². The van der Waals surface area contributed by atoms with Gasteiger partial charge in [-0.3, -0.25) is 0 Å². The molecule has 0 spiro atoms. The van der Waals surface area contributed by atoms with Crippen LogP contribution < -0.4 is 0 Å². The molecule has 0 unspecified atom stereocenters. The number of allylic oxidation sites excluding steroid dienone is 1. The van der Waals surface area contributed by atoms with Crippen LogP contribution in [0.15, 0.2) is 12.3 Å². The number of hydrogen-bond acceptors (Lipinski definition) is 2. The van der Waals surface area contributed by atoms with Crippen LogP contribution in [-0.2, 0) is 4.74 Å². The van der Waals surface area contributed by atoms with E-state index in [0.717, 1.165) is 0 Å². The van der Waals surface area contributed by atoms with Crippen LogP contribution in [0, 0.1) is 5.92 Å². The molecule has 1 saturated carbocycles. The van der Waals surface area contributed by atoms with Gasteiger partial charge in [0.25, 0.3) is 0 Å². The van der Waals surface area contributed by atoms with Crippen LogP contribution in [-0.4, -0.2) is 23.1 Å². The van der Waals surface area contributed by atoms with Gasteiger partial charge in [-0.25, -0.2) is 4.79 Å². The molecule has 0 bridgehead atoms. The van der Waals surface area contributed by atoms with Crippen LogP contribution >= 0.6 is 0 Å². The lowest BCUT2D eigenvalue weighted by Crippen LogP contribution is -2.41. The van der Waals surface area contributed by atoms with Crippen LogP contribution in [0.1, 0.15) is 59.8 Å². The number of ether oxygens (including phenoxy) is 1. The van der Waals surface area contributed by atoms with Gasteiger partial charge >= 0.3 is 6.09 Å². The lowest BCUT2D eigenvalue weighted by molar-refractivity contribution is 0.108. The van der Waals surface area contributed by atoms with E-state index in [0.29, 0.717) is 5.92 Å². The molecule has 0 saturated heterocycles. The van der Waals surface area contributed by atoms with E-state index in [1.165, 1.54) is 32.1 Å². The Balaban J connectivity index is 2.41. The molecule has 3 heteroatoms. The first-order valence-electron chi connectivity index (χ1n) is 7.18. The average molecular weight is 253 g/mol. The molecule has 0 aliphatic heterocycles. The Labute approximate surface area is 111 Å². The highest BCUT2D eigenvalue weighted by Gasteiger charge is 2.20. The van der Waals surface area contributed by atoms with E-state index in [2.05, 4.69) is 6.08 Å². The second-order valence-electron chi connectivity index (χ2n) is 5.71. The molecular weight excluding hydrogens is 226 g/mol. The molecule has 0 atom stereocenters. The molecule has 104 valence electrons. The van der Waals surface area contributed by atoms with Crippen molar-refractivity contribution in [2.24, 2.45) is 5.92 Å². The topological polar surface area (TPSA) is 29.5 Å². The molecule has 0 aromatic rings. The summed E-state index contributed by atoms with van der Waals surface area (Å²) >= 11 is 0. The van der Waals surface area contributed by atoms with Crippen molar-refractivity contribution in [3.8, 4) is 0 Å². The summed E-state index contributed by atoms with van der Waals surface area (Å²) < 4.78 is 5.24. The number of hydrogen-bond donors (Lipinski definition) is 0. The van der Waals surface area contributed by atoms with Crippen LogP contribution in [0.2, 0.25) is 0 Å². The summed E-state index contributed by atoms with van der Waals surface area (Å²) in [6.45, 7) is 8.02. The Morgan fingerprint density at radius 1 is 1.11 bits per heavy atom. The Morgan fingerprint density at radius 3 is 2.17 bits per heavy atom. The quantitative estimate of drug-likeness (QED) is 0.698. The van der Waals surface area contributed by atoms with E-state index in [9.17, 15) is 4.79 Å². The van der Waals surface area contributed by atoms with Crippen molar-refractivity contribution < 1.29 is 9.53 Å². The first kappa shape index (κ1) is 15.1. The fourth-order valence-corrected chi connectivity index (χ4v) is 2.61. The van der Waals surface area contributed by atoms with Gasteiger partial charge in [-0.2, -0.15) is 0 Å². The maximum Gasteiger partial charge on any atom is 0.415 e. The van der Waals surface area contributed by atoms with Crippen molar-refractivity contribution in [1.82, 2.24) is 4.90 Å². The smallest absolute Gasteiger partial charge is 0.415 e. The third kappa shape index (κ3) is 4.71. The number of carbonyl (C=O) groups is 1. The molecule has 0 heterocycles. The SMILES string of the molecule is CC(C)N(C(=O)O/C=C/C1CCCCC1)C(C)C. The zero-order valence-electron chi connectivity index (χ0n) is 12.2. The van der Waals surface area contributed by atoms with Crippen molar-refractivity contribution in [3.05, 3.63) is 12.3 Å². The molecule has 1 fully saturated rings. The maximum absolute atomic E-state index is 11.9. The van der Waals surface area contributed by atoms with Crippen molar-refractivity contribution in [2.45, 2.75) is 71.9 Å². The molecule has 1 aliphatic carbocycles. The molecule has 0 aromatic carbocycles. The van der Waals surface area contributed by atoms with E-state index < -0.39 is 0 Å². The molecule has 0 radical (unpaired) electrons. The minimum absolute atomic E-state index is 0.167. The zero-order chi connectivity index (χ0) is 13.5. The van der Waals surface area contributed by atoms with Crippen LogP contribution in [0.3, 0.4) is 0 Å². The molecule has 1 aliphatic rings. The minimum Gasteiger partial charge on any atom is -0.418 e. The van der Waals surface area contributed by atoms with Crippen LogP contribution in [0.5, 0.6) is 0 Å². The van der Waals surface area contributed by atoms with Gasteiger partial charge in [0.2, 0.25) is 0 Å². The summed E-state index contributed by atoms with van der Waals surface area (Å²) in [6.07, 6.45) is 9.80. The normalized spacial score (nSPS) is 17.7. The highest BCUT2D eigenvalue weighted by molar-refractivity contribution is 5.68. The van der Waals surface area contributed by atoms with Gasteiger partial charge in [0.1, 0.15) is 0 Å². The minimum atomic E-state index is -0.243. The first-order chi connectivity index (χ1) is 8.52. The lowest BCUT2D eigenvalue weighted by atomic mass is 9.89. The van der Waals surface area contributed by atoms with Crippen LogP contribution in [0.4, 0.5) is 4.79 Å².